The van der Waals surface area contributed by atoms with Crippen LogP contribution in [0.25, 0.3) is 0 Å². The molecule has 2 aromatic rings. The summed E-state index contributed by atoms with van der Waals surface area (Å²) in [6.07, 6.45) is 2.61. The summed E-state index contributed by atoms with van der Waals surface area (Å²) in [5.74, 6) is 0.224. The standard InChI is InChI=1S/C11H8N4O2S/c12-7-9-4-5-10(8-14-9)18(16,17)15-11-3-1-2-6-13-11/h1-6,8H,(H,13,15). The van der Waals surface area contributed by atoms with E-state index in [1.807, 2.05) is 6.07 Å². The highest BCUT2D eigenvalue weighted by atomic mass is 32.2. The van der Waals surface area contributed by atoms with Crippen LogP contribution in [0.1, 0.15) is 5.69 Å². The molecule has 0 saturated carbocycles. The highest BCUT2D eigenvalue weighted by molar-refractivity contribution is 7.92. The van der Waals surface area contributed by atoms with E-state index in [-0.39, 0.29) is 16.4 Å². The van der Waals surface area contributed by atoms with Crippen molar-refractivity contribution in [3.63, 3.8) is 0 Å². The van der Waals surface area contributed by atoms with Gasteiger partial charge < -0.3 is 0 Å². The van der Waals surface area contributed by atoms with Crippen molar-refractivity contribution in [1.29, 1.82) is 5.26 Å². The average molecular weight is 260 g/mol. The number of nitrogens with zero attached hydrogens (tertiary/aromatic N) is 3. The fourth-order valence-corrected chi connectivity index (χ4v) is 2.18. The predicted molar refractivity (Wildman–Crippen MR) is 64.0 cm³/mol. The van der Waals surface area contributed by atoms with Crippen LogP contribution in [0.5, 0.6) is 0 Å². The monoisotopic (exact) mass is 260 g/mol. The molecule has 7 heteroatoms. The van der Waals surface area contributed by atoms with E-state index >= 15 is 0 Å². The fraction of sp³-hybridized carbons (Fsp3) is 0. The van der Waals surface area contributed by atoms with Gasteiger partial charge in [-0.05, 0) is 24.3 Å². The van der Waals surface area contributed by atoms with Gasteiger partial charge in [0.15, 0.2) is 0 Å². The number of pyridine rings is 2. The summed E-state index contributed by atoms with van der Waals surface area (Å²) in [6.45, 7) is 0. The van der Waals surface area contributed by atoms with E-state index in [2.05, 4.69) is 14.7 Å². The lowest BCUT2D eigenvalue weighted by atomic mass is 10.4. The largest absolute Gasteiger partial charge is 0.264 e. The molecule has 6 nitrogen and oxygen atoms in total. The number of sulfonamides is 1. The molecule has 0 aliphatic carbocycles. The van der Waals surface area contributed by atoms with Crippen LogP contribution in [-0.4, -0.2) is 18.4 Å². The number of rotatable bonds is 3. The Hall–Kier alpha value is -2.46. The van der Waals surface area contributed by atoms with Gasteiger partial charge in [-0.2, -0.15) is 5.26 Å². The Morgan fingerprint density at radius 3 is 2.56 bits per heavy atom. The van der Waals surface area contributed by atoms with Crippen molar-refractivity contribution in [2.45, 2.75) is 4.90 Å². The van der Waals surface area contributed by atoms with Crippen LogP contribution in [0.2, 0.25) is 0 Å². The fourth-order valence-electron chi connectivity index (χ4n) is 1.23. The summed E-state index contributed by atoms with van der Waals surface area (Å²) in [6, 6.07) is 9.36. The first-order valence-electron chi connectivity index (χ1n) is 4.92. The molecule has 0 radical (unpaired) electrons. The van der Waals surface area contributed by atoms with Gasteiger partial charge in [0.1, 0.15) is 22.5 Å². The second kappa shape index (κ2) is 4.81. The van der Waals surface area contributed by atoms with Crippen molar-refractivity contribution < 1.29 is 8.42 Å². The van der Waals surface area contributed by atoms with E-state index in [1.54, 1.807) is 12.1 Å². The Kier molecular flexibility index (Phi) is 3.21. The molecule has 0 fully saturated rings. The van der Waals surface area contributed by atoms with Gasteiger partial charge in [0.25, 0.3) is 10.0 Å². The topological polar surface area (TPSA) is 95.7 Å². The minimum Gasteiger partial charge on any atom is -0.263 e. The van der Waals surface area contributed by atoms with E-state index in [4.69, 9.17) is 5.26 Å². The van der Waals surface area contributed by atoms with E-state index in [1.165, 1.54) is 24.4 Å². The lowest BCUT2D eigenvalue weighted by Crippen LogP contribution is -2.14. The van der Waals surface area contributed by atoms with Crippen LogP contribution in [0, 0.1) is 11.3 Å². The van der Waals surface area contributed by atoms with Crippen molar-refractivity contribution in [3.8, 4) is 6.07 Å². The van der Waals surface area contributed by atoms with Crippen LogP contribution < -0.4 is 4.72 Å². The molecule has 0 spiro atoms. The molecule has 1 N–H and O–H groups in total. The van der Waals surface area contributed by atoms with Gasteiger partial charge in [0, 0.05) is 12.4 Å². The van der Waals surface area contributed by atoms with Crippen molar-refractivity contribution >= 4 is 15.8 Å². The van der Waals surface area contributed by atoms with Gasteiger partial charge in [-0.1, -0.05) is 6.07 Å². The van der Waals surface area contributed by atoms with E-state index in [0.717, 1.165) is 6.20 Å². The number of anilines is 1. The molecule has 2 heterocycles. The minimum absolute atomic E-state index is 0.0212. The van der Waals surface area contributed by atoms with Crippen molar-refractivity contribution in [3.05, 3.63) is 48.4 Å². The molecule has 0 atom stereocenters. The third kappa shape index (κ3) is 2.61. The molecule has 0 saturated heterocycles. The second-order valence-electron chi connectivity index (χ2n) is 3.31. The average Bonchev–Trinajstić information content (AvgIpc) is 2.39. The van der Waals surface area contributed by atoms with Crippen LogP contribution >= 0.6 is 0 Å². The molecule has 18 heavy (non-hydrogen) atoms. The van der Waals surface area contributed by atoms with Crippen molar-refractivity contribution in [2.75, 3.05) is 4.72 Å². The summed E-state index contributed by atoms with van der Waals surface area (Å²) >= 11 is 0. The summed E-state index contributed by atoms with van der Waals surface area (Å²) in [7, 11) is -3.72. The number of hydrogen-bond donors (Lipinski definition) is 1. The molecule has 0 unspecified atom stereocenters. The molecule has 0 amide bonds. The molecule has 0 aromatic carbocycles. The molecular weight excluding hydrogens is 252 g/mol. The number of aromatic nitrogens is 2. The summed E-state index contributed by atoms with van der Waals surface area (Å²) in [5, 5.41) is 8.58. The summed E-state index contributed by atoms with van der Waals surface area (Å²) < 4.78 is 26.2. The van der Waals surface area contributed by atoms with Gasteiger partial charge in [-0.15, -0.1) is 0 Å². The molecule has 0 aliphatic rings. The molecular formula is C11H8N4O2S. The van der Waals surface area contributed by atoms with Crippen molar-refractivity contribution in [1.82, 2.24) is 9.97 Å². The van der Waals surface area contributed by atoms with Gasteiger partial charge in [0.05, 0.1) is 0 Å². The first-order valence-corrected chi connectivity index (χ1v) is 6.40. The Labute approximate surface area is 104 Å². The predicted octanol–water partition coefficient (Wildman–Crippen LogP) is 1.15. The Bertz CT molecular complexity index is 675. The molecule has 90 valence electrons. The van der Waals surface area contributed by atoms with E-state index < -0.39 is 10.0 Å². The Morgan fingerprint density at radius 1 is 1.17 bits per heavy atom. The lowest BCUT2D eigenvalue weighted by molar-refractivity contribution is 0.600. The quantitative estimate of drug-likeness (QED) is 0.893. The third-order valence-corrected chi connectivity index (χ3v) is 3.40. The molecule has 0 bridgehead atoms. The SMILES string of the molecule is N#Cc1ccc(S(=O)(=O)Nc2ccccn2)cn1. The maximum absolute atomic E-state index is 11.9. The minimum atomic E-state index is -3.72. The highest BCUT2D eigenvalue weighted by Gasteiger charge is 2.14. The summed E-state index contributed by atoms with van der Waals surface area (Å²) in [4.78, 5) is 7.54. The summed E-state index contributed by atoms with van der Waals surface area (Å²) in [5.41, 5.74) is 0.159. The smallest absolute Gasteiger partial charge is 0.263 e. The second-order valence-corrected chi connectivity index (χ2v) is 4.99. The van der Waals surface area contributed by atoms with Crippen LogP contribution in [-0.2, 0) is 10.0 Å². The first kappa shape index (κ1) is 12.0. The van der Waals surface area contributed by atoms with Crippen molar-refractivity contribution in [2.24, 2.45) is 0 Å². The number of hydrogen-bond acceptors (Lipinski definition) is 5. The zero-order valence-corrected chi connectivity index (χ0v) is 9.92. The normalized spacial score (nSPS) is 10.6. The number of nitriles is 1. The maximum atomic E-state index is 11.9. The maximum Gasteiger partial charge on any atom is 0.264 e. The lowest BCUT2D eigenvalue weighted by Gasteiger charge is -2.06. The molecule has 2 rings (SSSR count). The zero-order valence-electron chi connectivity index (χ0n) is 9.11. The third-order valence-electron chi connectivity index (χ3n) is 2.07. The molecule has 0 aliphatic heterocycles. The van der Waals surface area contributed by atoms with Crippen LogP contribution in [0.4, 0.5) is 5.82 Å². The first-order chi connectivity index (χ1) is 8.62. The van der Waals surface area contributed by atoms with E-state index in [9.17, 15) is 8.42 Å². The number of nitrogens with one attached hydrogen (secondary N) is 1. The Morgan fingerprint density at radius 2 is 2.00 bits per heavy atom. The highest BCUT2D eigenvalue weighted by Crippen LogP contribution is 2.12. The Balaban J connectivity index is 2.29. The van der Waals surface area contributed by atoms with Gasteiger partial charge >= 0.3 is 0 Å². The van der Waals surface area contributed by atoms with Gasteiger partial charge in [0.2, 0.25) is 0 Å². The van der Waals surface area contributed by atoms with Crippen LogP contribution in [0.15, 0.2) is 47.6 Å². The van der Waals surface area contributed by atoms with E-state index in [0.29, 0.717) is 0 Å². The van der Waals surface area contributed by atoms with Crippen LogP contribution in [0.3, 0.4) is 0 Å². The zero-order chi connectivity index (χ0) is 13.0. The van der Waals surface area contributed by atoms with Gasteiger partial charge in [-0.3, -0.25) is 4.72 Å². The van der Waals surface area contributed by atoms with Gasteiger partial charge in [-0.25, -0.2) is 18.4 Å². The molecule has 2 aromatic heterocycles.